The largest absolute Gasteiger partial charge is 0.385 e. The number of rotatable bonds is 6. The highest BCUT2D eigenvalue weighted by Crippen LogP contribution is 2.41. The lowest BCUT2D eigenvalue weighted by molar-refractivity contribution is -0.120. The van der Waals surface area contributed by atoms with Crippen LogP contribution in [0.25, 0.3) is 0 Å². The predicted octanol–water partition coefficient (Wildman–Crippen LogP) is 0.548. The van der Waals surface area contributed by atoms with Gasteiger partial charge < -0.3 is 24.7 Å². The predicted molar refractivity (Wildman–Crippen MR) is 97.7 cm³/mol. The molecule has 1 aromatic heterocycles. The van der Waals surface area contributed by atoms with E-state index in [0.717, 1.165) is 4.57 Å². The zero-order valence-electron chi connectivity index (χ0n) is 15.0. The molecule has 1 aromatic carbocycles. The first-order valence-corrected chi connectivity index (χ1v) is 8.61. The molecule has 28 heavy (non-hydrogen) atoms. The van der Waals surface area contributed by atoms with Crippen molar-refractivity contribution in [2.24, 2.45) is 5.92 Å². The van der Waals surface area contributed by atoms with E-state index in [9.17, 15) is 24.3 Å². The molecule has 146 valence electrons. The van der Waals surface area contributed by atoms with Gasteiger partial charge >= 0.3 is 5.69 Å². The van der Waals surface area contributed by atoms with Gasteiger partial charge in [-0.3, -0.25) is 9.36 Å². The van der Waals surface area contributed by atoms with Crippen molar-refractivity contribution in [3.63, 3.8) is 0 Å². The Hall–Kier alpha value is -3.17. The Morgan fingerprint density at radius 2 is 2.04 bits per heavy atom. The number of nitrogens with zero attached hydrogens (tertiary/aromatic N) is 2. The van der Waals surface area contributed by atoms with Crippen LogP contribution >= 0.6 is 0 Å². The van der Waals surface area contributed by atoms with Crippen molar-refractivity contribution in [1.29, 1.82) is 0 Å². The molecule has 1 unspecified atom stereocenters. The molecular formula is C19H19N3O6. The number of benzene rings is 1. The second-order valence-corrected chi connectivity index (χ2v) is 6.64. The number of aliphatic hydroxyl groups is 1. The molecule has 0 saturated carbocycles. The molecule has 3 rings (SSSR count). The zero-order valence-corrected chi connectivity index (χ0v) is 15.0. The number of ether oxygens (including phenoxy) is 1. The van der Waals surface area contributed by atoms with Crippen LogP contribution < -0.4 is 11.0 Å². The van der Waals surface area contributed by atoms with Gasteiger partial charge in [0.05, 0.1) is 12.0 Å². The molecule has 0 aliphatic carbocycles. The first-order valence-electron chi connectivity index (χ1n) is 8.61. The van der Waals surface area contributed by atoms with E-state index >= 15 is 0 Å². The van der Waals surface area contributed by atoms with Crippen molar-refractivity contribution in [3.8, 4) is 0 Å². The van der Waals surface area contributed by atoms with E-state index in [-0.39, 0.29) is 12.2 Å². The van der Waals surface area contributed by atoms with Crippen molar-refractivity contribution in [2.45, 2.75) is 31.3 Å². The molecule has 1 fully saturated rings. The summed E-state index contributed by atoms with van der Waals surface area (Å²) in [6.07, 6.45) is 0.263. The topological polar surface area (TPSA) is 128 Å². The van der Waals surface area contributed by atoms with E-state index in [0.29, 0.717) is 18.1 Å². The van der Waals surface area contributed by atoms with Gasteiger partial charge in [-0.05, 0) is 25.1 Å². The summed E-state index contributed by atoms with van der Waals surface area (Å²) in [5.74, 6) is -1.38. The fraction of sp³-hybridized carbons (Fsp3) is 0.316. The van der Waals surface area contributed by atoms with Crippen molar-refractivity contribution in [3.05, 3.63) is 58.6 Å². The Kier molecular flexibility index (Phi) is 5.48. The van der Waals surface area contributed by atoms with Gasteiger partial charge in [0.1, 0.15) is 24.0 Å². The first kappa shape index (κ1) is 19.6. The summed E-state index contributed by atoms with van der Waals surface area (Å²) in [6.45, 7) is 1.36. The van der Waals surface area contributed by atoms with Crippen LogP contribution in [0.15, 0.2) is 47.4 Å². The summed E-state index contributed by atoms with van der Waals surface area (Å²) >= 11 is 0. The summed E-state index contributed by atoms with van der Waals surface area (Å²) in [4.78, 5) is 50.6. The molecule has 1 saturated heterocycles. The molecule has 1 aliphatic rings. The van der Waals surface area contributed by atoms with Gasteiger partial charge in [0, 0.05) is 18.2 Å². The number of aldehydes is 2. The van der Waals surface area contributed by atoms with Gasteiger partial charge in [0.25, 0.3) is 5.91 Å². The van der Waals surface area contributed by atoms with Crippen LogP contribution in [0.2, 0.25) is 0 Å². The van der Waals surface area contributed by atoms with E-state index in [4.69, 9.17) is 4.74 Å². The number of hydrogen-bond acceptors (Lipinski definition) is 7. The highest BCUT2D eigenvalue weighted by atomic mass is 16.5. The first-order chi connectivity index (χ1) is 13.4. The minimum absolute atomic E-state index is 0.0316. The number of amides is 1. The van der Waals surface area contributed by atoms with E-state index in [1.54, 1.807) is 30.3 Å². The number of nitrogens with one attached hydrogen (secondary N) is 1. The lowest BCUT2D eigenvalue weighted by atomic mass is 9.86. The number of carbonyl (C=O) groups excluding carboxylic acids is 3. The maximum atomic E-state index is 12.4. The fourth-order valence-corrected chi connectivity index (χ4v) is 3.24. The molecule has 1 amide bonds. The molecule has 0 spiro atoms. The van der Waals surface area contributed by atoms with Gasteiger partial charge in [-0.2, -0.15) is 4.98 Å². The summed E-state index contributed by atoms with van der Waals surface area (Å²) in [5.41, 5.74) is -2.09. The van der Waals surface area contributed by atoms with Gasteiger partial charge in [0.15, 0.2) is 6.23 Å². The molecule has 2 aromatic rings. The minimum Gasteiger partial charge on any atom is -0.385 e. The van der Waals surface area contributed by atoms with Crippen molar-refractivity contribution in [2.75, 3.05) is 5.32 Å². The zero-order chi connectivity index (χ0) is 20.3. The van der Waals surface area contributed by atoms with Gasteiger partial charge in [-0.15, -0.1) is 0 Å². The lowest BCUT2D eigenvalue weighted by Crippen LogP contribution is -2.43. The monoisotopic (exact) mass is 385 g/mol. The van der Waals surface area contributed by atoms with Crippen molar-refractivity contribution >= 4 is 24.3 Å². The Bertz CT molecular complexity index is 940. The summed E-state index contributed by atoms with van der Waals surface area (Å²) in [5, 5.41) is 13.2. The number of aromatic nitrogens is 2. The maximum Gasteiger partial charge on any atom is 0.351 e. The van der Waals surface area contributed by atoms with E-state index in [1.165, 1.54) is 19.2 Å². The SMILES string of the molecule is CC1(O)[C@@H](C=O)[C@@H](CC=O)O[C@H]1n1ccc(NC(=O)c2ccccc2)nc1=O. The molecule has 2 N–H and O–H groups in total. The quantitative estimate of drug-likeness (QED) is 0.695. The third-order valence-corrected chi connectivity index (χ3v) is 4.71. The summed E-state index contributed by atoms with van der Waals surface area (Å²) in [6, 6.07) is 9.80. The van der Waals surface area contributed by atoms with E-state index in [2.05, 4.69) is 10.3 Å². The average Bonchev–Trinajstić information content (AvgIpc) is 2.92. The smallest absolute Gasteiger partial charge is 0.351 e. The number of anilines is 1. The van der Waals surface area contributed by atoms with Gasteiger partial charge in [-0.1, -0.05) is 18.2 Å². The highest BCUT2D eigenvalue weighted by molar-refractivity contribution is 6.03. The van der Waals surface area contributed by atoms with Crippen LogP contribution in [0, 0.1) is 5.92 Å². The number of hydrogen-bond donors (Lipinski definition) is 2. The molecule has 0 radical (unpaired) electrons. The van der Waals surface area contributed by atoms with Crippen LogP contribution in [0.3, 0.4) is 0 Å². The van der Waals surface area contributed by atoms with Crippen LogP contribution in [-0.2, 0) is 14.3 Å². The summed E-state index contributed by atoms with van der Waals surface area (Å²) < 4.78 is 6.63. The lowest BCUT2D eigenvalue weighted by Gasteiger charge is -2.27. The molecule has 1 aliphatic heterocycles. The van der Waals surface area contributed by atoms with Crippen LogP contribution in [-0.4, -0.2) is 44.8 Å². The van der Waals surface area contributed by atoms with Gasteiger partial charge in [0.2, 0.25) is 0 Å². The highest BCUT2D eigenvalue weighted by Gasteiger charge is 2.53. The third-order valence-electron chi connectivity index (χ3n) is 4.71. The minimum atomic E-state index is -1.71. The maximum absolute atomic E-state index is 12.4. The second kappa shape index (κ2) is 7.83. The molecule has 4 atom stereocenters. The molecule has 2 heterocycles. The van der Waals surface area contributed by atoms with E-state index in [1.807, 2.05) is 0 Å². The summed E-state index contributed by atoms with van der Waals surface area (Å²) in [7, 11) is 0. The average molecular weight is 385 g/mol. The van der Waals surface area contributed by atoms with E-state index < -0.39 is 35.4 Å². The third kappa shape index (κ3) is 3.62. The Morgan fingerprint density at radius 1 is 1.32 bits per heavy atom. The van der Waals surface area contributed by atoms with Crippen molar-refractivity contribution in [1.82, 2.24) is 9.55 Å². The van der Waals surface area contributed by atoms with Crippen molar-refractivity contribution < 1.29 is 24.2 Å². The van der Waals surface area contributed by atoms with Crippen LogP contribution in [0.4, 0.5) is 5.82 Å². The van der Waals surface area contributed by atoms with Crippen LogP contribution in [0.1, 0.15) is 29.9 Å². The molecule has 0 bridgehead atoms. The standard InChI is InChI=1S/C19H19N3O6/c1-19(27)13(11-24)14(8-10-23)28-17(19)22-9-7-15(21-18(22)26)20-16(25)12-5-3-2-4-6-12/h2-7,9-11,13-14,17,27H,8H2,1H3,(H,20,21,25,26)/t13-,14+,17+,19?/m0/s1. The normalized spacial score (nSPS) is 26.6. The van der Waals surface area contributed by atoms with Crippen LogP contribution in [0.5, 0.6) is 0 Å². The molecule has 9 heteroatoms. The Balaban J connectivity index is 1.84. The Morgan fingerprint density at radius 3 is 2.64 bits per heavy atom. The molecule has 9 nitrogen and oxygen atoms in total. The van der Waals surface area contributed by atoms with Gasteiger partial charge in [-0.25, -0.2) is 4.79 Å². The molecular weight excluding hydrogens is 366 g/mol. The number of carbonyl (C=O) groups is 3. The fourth-order valence-electron chi connectivity index (χ4n) is 3.24. The second-order valence-electron chi connectivity index (χ2n) is 6.64. The Labute approximate surface area is 160 Å².